The summed E-state index contributed by atoms with van der Waals surface area (Å²) in [4.78, 5) is 12.1. The van der Waals surface area contributed by atoms with Crippen LogP contribution in [0.3, 0.4) is 0 Å². The Morgan fingerprint density at radius 2 is 2.04 bits per heavy atom. The Labute approximate surface area is 135 Å². The first-order valence-corrected chi connectivity index (χ1v) is 7.65. The lowest BCUT2D eigenvalue weighted by Crippen LogP contribution is -2.14. The second kappa shape index (κ2) is 8.17. The van der Waals surface area contributed by atoms with Crippen LogP contribution in [0.1, 0.15) is 25.3 Å². The number of carbonyl (C=O) groups excluding carboxylic acids is 1. The van der Waals surface area contributed by atoms with Crippen LogP contribution in [0, 0.1) is 5.82 Å². The third-order valence-electron chi connectivity index (χ3n) is 3.36. The number of para-hydroxylation sites is 1. The Kier molecular flexibility index (Phi) is 5.97. The first-order chi connectivity index (χ1) is 11.1. The number of halogens is 1. The molecule has 0 bridgehead atoms. The molecule has 0 saturated heterocycles. The molecular weight excluding hydrogens is 295 g/mol. The van der Waals surface area contributed by atoms with Crippen molar-refractivity contribution in [1.82, 2.24) is 0 Å². The van der Waals surface area contributed by atoms with Crippen LogP contribution in [0.5, 0.6) is 5.75 Å². The van der Waals surface area contributed by atoms with Crippen LogP contribution in [0.15, 0.2) is 42.5 Å². The van der Waals surface area contributed by atoms with Crippen LogP contribution in [0.25, 0.3) is 0 Å². The lowest BCUT2D eigenvalue weighted by molar-refractivity contribution is -0.116. The normalized spacial score (nSPS) is 10.3. The Balaban J connectivity index is 1.98. The highest BCUT2D eigenvalue weighted by Crippen LogP contribution is 2.26. The van der Waals surface area contributed by atoms with Gasteiger partial charge in [0, 0.05) is 18.2 Å². The minimum absolute atomic E-state index is 0.166. The maximum atomic E-state index is 13.3. The third-order valence-corrected chi connectivity index (χ3v) is 3.36. The summed E-state index contributed by atoms with van der Waals surface area (Å²) in [5, 5.41) is 2.76. The molecule has 0 aliphatic heterocycles. The van der Waals surface area contributed by atoms with Gasteiger partial charge in [0.25, 0.3) is 0 Å². The van der Waals surface area contributed by atoms with Crippen LogP contribution >= 0.6 is 0 Å². The number of benzene rings is 2. The molecule has 122 valence electrons. The van der Waals surface area contributed by atoms with Crippen molar-refractivity contribution in [1.29, 1.82) is 0 Å². The summed E-state index contributed by atoms with van der Waals surface area (Å²) in [5.41, 5.74) is 7.95. The zero-order valence-corrected chi connectivity index (χ0v) is 13.1. The summed E-state index contributed by atoms with van der Waals surface area (Å²) in [6.45, 7) is 2.43. The fraction of sp³-hybridized carbons (Fsp3) is 0.278. The first-order valence-electron chi connectivity index (χ1n) is 7.65. The van der Waals surface area contributed by atoms with Crippen LogP contribution < -0.4 is 15.8 Å². The lowest BCUT2D eigenvalue weighted by Gasteiger charge is -2.12. The van der Waals surface area contributed by atoms with Gasteiger partial charge < -0.3 is 15.8 Å². The summed E-state index contributed by atoms with van der Waals surface area (Å²) in [6.07, 6.45) is 1.64. The largest absolute Gasteiger partial charge is 0.491 e. The second-order valence-electron chi connectivity index (χ2n) is 5.24. The lowest BCUT2D eigenvalue weighted by atomic mass is 10.1. The molecule has 0 heterocycles. The van der Waals surface area contributed by atoms with Gasteiger partial charge in [0.05, 0.1) is 12.3 Å². The van der Waals surface area contributed by atoms with Gasteiger partial charge in [0.15, 0.2) is 0 Å². The molecule has 3 N–H and O–H groups in total. The second-order valence-corrected chi connectivity index (χ2v) is 5.24. The summed E-state index contributed by atoms with van der Waals surface area (Å²) >= 11 is 0. The van der Waals surface area contributed by atoms with E-state index in [4.69, 9.17) is 10.5 Å². The molecule has 2 aromatic carbocycles. The number of ether oxygens (including phenoxy) is 1. The van der Waals surface area contributed by atoms with E-state index in [-0.39, 0.29) is 5.91 Å². The minimum Gasteiger partial charge on any atom is -0.491 e. The molecule has 4 nitrogen and oxygen atoms in total. The van der Waals surface area contributed by atoms with Crippen molar-refractivity contribution in [2.45, 2.75) is 26.2 Å². The maximum absolute atomic E-state index is 13.3. The van der Waals surface area contributed by atoms with E-state index in [9.17, 15) is 9.18 Å². The molecule has 0 atom stereocenters. The number of hydrogen-bond donors (Lipinski definition) is 2. The van der Waals surface area contributed by atoms with Crippen molar-refractivity contribution in [3.63, 3.8) is 0 Å². The highest BCUT2D eigenvalue weighted by Gasteiger charge is 2.10. The molecule has 2 aromatic rings. The monoisotopic (exact) mass is 316 g/mol. The third kappa shape index (κ3) is 4.98. The van der Waals surface area contributed by atoms with E-state index in [0.717, 1.165) is 12.0 Å². The Hall–Kier alpha value is -2.56. The van der Waals surface area contributed by atoms with Crippen molar-refractivity contribution >= 4 is 17.3 Å². The van der Waals surface area contributed by atoms with Crippen molar-refractivity contribution in [2.75, 3.05) is 17.7 Å². The number of nitrogen functional groups attached to an aromatic ring is 1. The zero-order chi connectivity index (χ0) is 16.7. The van der Waals surface area contributed by atoms with Crippen LogP contribution in [-0.2, 0) is 11.2 Å². The first kappa shape index (κ1) is 16.8. The molecule has 0 fully saturated rings. The van der Waals surface area contributed by atoms with Crippen molar-refractivity contribution < 1.29 is 13.9 Å². The van der Waals surface area contributed by atoms with E-state index in [2.05, 4.69) is 5.32 Å². The average Bonchev–Trinajstić information content (AvgIpc) is 2.54. The Bertz CT molecular complexity index is 674. The van der Waals surface area contributed by atoms with Gasteiger partial charge in [-0.15, -0.1) is 0 Å². The van der Waals surface area contributed by atoms with Crippen LogP contribution in [-0.4, -0.2) is 12.5 Å². The van der Waals surface area contributed by atoms with Gasteiger partial charge in [-0.25, -0.2) is 4.39 Å². The molecule has 2 rings (SSSR count). The van der Waals surface area contributed by atoms with E-state index in [1.165, 1.54) is 18.2 Å². The summed E-state index contributed by atoms with van der Waals surface area (Å²) in [5.74, 6) is -0.216. The summed E-state index contributed by atoms with van der Waals surface area (Å²) < 4.78 is 18.8. The molecule has 0 spiro atoms. The number of hydrogen-bond acceptors (Lipinski definition) is 3. The van der Waals surface area contributed by atoms with Crippen molar-refractivity contribution in [3.8, 4) is 5.75 Å². The predicted octanol–water partition coefficient (Wildman–Crippen LogP) is 3.77. The van der Waals surface area contributed by atoms with E-state index >= 15 is 0 Å². The van der Waals surface area contributed by atoms with Crippen molar-refractivity contribution in [3.05, 3.63) is 53.8 Å². The van der Waals surface area contributed by atoms with E-state index in [1.807, 2.05) is 31.2 Å². The molecule has 0 aromatic heterocycles. The molecule has 0 aliphatic rings. The van der Waals surface area contributed by atoms with Crippen LogP contribution in [0.4, 0.5) is 15.8 Å². The fourth-order valence-corrected chi connectivity index (χ4v) is 2.15. The van der Waals surface area contributed by atoms with Gasteiger partial charge in [-0.3, -0.25) is 4.79 Å². The number of aryl methyl sites for hydroxylation is 1. The SMILES string of the molecule is CCCOc1cc(F)ccc1NC(=O)CCc1ccccc1N. The average molecular weight is 316 g/mol. The molecule has 23 heavy (non-hydrogen) atoms. The van der Waals surface area contributed by atoms with Gasteiger partial charge in [-0.05, 0) is 36.6 Å². The quantitative estimate of drug-likeness (QED) is 0.764. The van der Waals surface area contributed by atoms with Gasteiger partial charge in [-0.2, -0.15) is 0 Å². The number of amides is 1. The number of carbonyl (C=O) groups is 1. The highest BCUT2D eigenvalue weighted by atomic mass is 19.1. The van der Waals surface area contributed by atoms with Gasteiger partial charge in [0.1, 0.15) is 11.6 Å². The molecular formula is C18H21FN2O2. The number of nitrogens with two attached hydrogens (primary N) is 1. The number of anilines is 2. The molecule has 1 amide bonds. The van der Waals surface area contributed by atoms with Crippen LogP contribution in [0.2, 0.25) is 0 Å². The van der Waals surface area contributed by atoms with Crippen molar-refractivity contribution in [2.24, 2.45) is 0 Å². The topological polar surface area (TPSA) is 64.3 Å². The predicted molar refractivity (Wildman–Crippen MR) is 90.0 cm³/mol. The Morgan fingerprint density at radius 3 is 2.78 bits per heavy atom. The number of rotatable bonds is 7. The summed E-state index contributed by atoms with van der Waals surface area (Å²) in [7, 11) is 0. The number of nitrogens with one attached hydrogen (secondary N) is 1. The maximum Gasteiger partial charge on any atom is 0.224 e. The fourth-order valence-electron chi connectivity index (χ4n) is 2.15. The van der Waals surface area contributed by atoms with Gasteiger partial charge >= 0.3 is 0 Å². The van der Waals surface area contributed by atoms with Gasteiger partial charge in [0.2, 0.25) is 5.91 Å². The molecule has 0 saturated carbocycles. The standard InChI is InChI=1S/C18H21FN2O2/c1-2-11-23-17-12-14(19)8-9-16(17)21-18(22)10-7-13-5-3-4-6-15(13)20/h3-6,8-9,12H,2,7,10-11,20H2,1H3,(H,21,22). The highest BCUT2D eigenvalue weighted by molar-refractivity contribution is 5.92. The molecule has 0 radical (unpaired) electrons. The smallest absolute Gasteiger partial charge is 0.224 e. The molecule has 0 unspecified atom stereocenters. The van der Waals surface area contributed by atoms with E-state index in [1.54, 1.807) is 0 Å². The van der Waals surface area contributed by atoms with Gasteiger partial charge in [-0.1, -0.05) is 25.1 Å². The minimum atomic E-state index is -0.397. The molecule has 5 heteroatoms. The molecule has 0 aliphatic carbocycles. The Morgan fingerprint density at radius 1 is 1.26 bits per heavy atom. The van der Waals surface area contributed by atoms with E-state index in [0.29, 0.717) is 36.6 Å². The van der Waals surface area contributed by atoms with E-state index < -0.39 is 5.82 Å². The summed E-state index contributed by atoms with van der Waals surface area (Å²) in [6, 6.07) is 11.5. The zero-order valence-electron chi connectivity index (χ0n) is 13.1.